The monoisotopic (exact) mass is 265 g/mol. The molecule has 2 rings (SSSR count). The van der Waals surface area contributed by atoms with Crippen LogP contribution in [0.5, 0.6) is 0 Å². The molecule has 0 aliphatic carbocycles. The normalized spacial score (nSPS) is 19.3. The zero-order chi connectivity index (χ0) is 13.7. The van der Waals surface area contributed by atoms with Gasteiger partial charge in [0.15, 0.2) is 5.82 Å². The summed E-state index contributed by atoms with van der Waals surface area (Å²) in [6.07, 6.45) is 6.50. The average Bonchev–Trinajstić information content (AvgIpc) is 2.47. The van der Waals surface area contributed by atoms with Crippen molar-refractivity contribution in [2.24, 2.45) is 5.84 Å². The zero-order valence-corrected chi connectivity index (χ0v) is 10.7. The fourth-order valence-corrected chi connectivity index (χ4v) is 2.40. The standard InChI is InChI=1S/C12H19N5O2/c13-16-11-8-14-7-10(15-11)12(19)17-5-2-1-3-9(17)4-6-18/h7-9,18H,1-6,13H2,(H,15,16). The van der Waals surface area contributed by atoms with Crippen molar-refractivity contribution in [1.29, 1.82) is 0 Å². The largest absolute Gasteiger partial charge is 0.396 e. The van der Waals surface area contributed by atoms with E-state index in [0.717, 1.165) is 19.3 Å². The molecule has 0 bridgehead atoms. The van der Waals surface area contributed by atoms with E-state index in [-0.39, 0.29) is 24.2 Å². The topological polar surface area (TPSA) is 104 Å². The maximum atomic E-state index is 12.4. The molecule has 1 aromatic rings. The summed E-state index contributed by atoms with van der Waals surface area (Å²) >= 11 is 0. The Balaban J connectivity index is 2.16. The molecule has 1 amide bonds. The molecular weight excluding hydrogens is 246 g/mol. The van der Waals surface area contributed by atoms with Crippen LogP contribution in [0, 0.1) is 0 Å². The first-order valence-corrected chi connectivity index (χ1v) is 6.46. The van der Waals surface area contributed by atoms with Crippen LogP contribution >= 0.6 is 0 Å². The van der Waals surface area contributed by atoms with Gasteiger partial charge in [-0.15, -0.1) is 0 Å². The molecule has 1 aliphatic rings. The molecule has 19 heavy (non-hydrogen) atoms. The second-order valence-electron chi connectivity index (χ2n) is 4.59. The highest BCUT2D eigenvalue weighted by Crippen LogP contribution is 2.21. The van der Waals surface area contributed by atoms with E-state index in [1.165, 1.54) is 12.4 Å². The number of nitrogen functional groups attached to an aromatic ring is 1. The summed E-state index contributed by atoms with van der Waals surface area (Å²) in [6.45, 7) is 0.788. The SMILES string of the molecule is NNc1cncc(C(=O)N2CCCCC2CCO)n1. The number of nitrogens with zero attached hydrogens (tertiary/aromatic N) is 3. The minimum atomic E-state index is -0.150. The number of hydrazine groups is 1. The molecule has 1 aromatic heterocycles. The molecule has 1 fully saturated rings. The molecule has 2 heterocycles. The molecule has 4 N–H and O–H groups in total. The Morgan fingerprint density at radius 3 is 3.11 bits per heavy atom. The number of anilines is 1. The van der Waals surface area contributed by atoms with Crippen molar-refractivity contribution in [2.75, 3.05) is 18.6 Å². The van der Waals surface area contributed by atoms with E-state index in [0.29, 0.717) is 18.8 Å². The fourth-order valence-electron chi connectivity index (χ4n) is 2.40. The van der Waals surface area contributed by atoms with Gasteiger partial charge in [-0.1, -0.05) is 0 Å². The summed E-state index contributed by atoms with van der Waals surface area (Å²) in [4.78, 5) is 22.3. The molecule has 1 aliphatic heterocycles. The third-order valence-electron chi connectivity index (χ3n) is 3.35. The Morgan fingerprint density at radius 2 is 2.37 bits per heavy atom. The molecule has 1 atom stereocenters. The van der Waals surface area contributed by atoms with E-state index in [1.54, 1.807) is 4.90 Å². The fraction of sp³-hybridized carbons (Fsp3) is 0.583. The first-order chi connectivity index (χ1) is 9.26. The highest BCUT2D eigenvalue weighted by molar-refractivity contribution is 5.92. The maximum absolute atomic E-state index is 12.4. The van der Waals surface area contributed by atoms with Gasteiger partial charge in [0, 0.05) is 19.2 Å². The lowest BCUT2D eigenvalue weighted by Crippen LogP contribution is -2.44. The number of hydrogen-bond acceptors (Lipinski definition) is 6. The second-order valence-corrected chi connectivity index (χ2v) is 4.59. The number of piperidine rings is 1. The van der Waals surface area contributed by atoms with Crippen LogP contribution in [0.1, 0.15) is 36.2 Å². The van der Waals surface area contributed by atoms with E-state index in [4.69, 9.17) is 10.9 Å². The van der Waals surface area contributed by atoms with E-state index >= 15 is 0 Å². The third kappa shape index (κ3) is 3.18. The second kappa shape index (κ2) is 6.44. The van der Waals surface area contributed by atoms with Crippen LogP contribution in [0.25, 0.3) is 0 Å². The van der Waals surface area contributed by atoms with Gasteiger partial charge >= 0.3 is 0 Å². The van der Waals surface area contributed by atoms with Gasteiger partial charge in [0.05, 0.1) is 12.4 Å². The Morgan fingerprint density at radius 1 is 1.53 bits per heavy atom. The van der Waals surface area contributed by atoms with Gasteiger partial charge in [0.1, 0.15) is 5.69 Å². The van der Waals surface area contributed by atoms with Gasteiger partial charge in [-0.3, -0.25) is 9.78 Å². The number of aromatic nitrogens is 2. The van der Waals surface area contributed by atoms with Crippen LogP contribution in [-0.4, -0.2) is 45.1 Å². The highest BCUT2D eigenvalue weighted by atomic mass is 16.3. The van der Waals surface area contributed by atoms with Gasteiger partial charge in [0.2, 0.25) is 0 Å². The minimum absolute atomic E-state index is 0.0857. The van der Waals surface area contributed by atoms with Crippen molar-refractivity contribution >= 4 is 11.7 Å². The molecule has 1 unspecified atom stereocenters. The first-order valence-electron chi connectivity index (χ1n) is 6.46. The molecule has 0 saturated carbocycles. The molecule has 0 spiro atoms. The number of nitrogens with one attached hydrogen (secondary N) is 1. The van der Waals surface area contributed by atoms with Gasteiger partial charge < -0.3 is 15.4 Å². The minimum Gasteiger partial charge on any atom is -0.396 e. The van der Waals surface area contributed by atoms with Gasteiger partial charge in [-0.2, -0.15) is 0 Å². The molecule has 7 heteroatoms. The number of rotatable bonds is 4. The molecule has 104 valence electrons. The van der Waals surface area contributed by atoms with Crippen LogP contribution in [-0.2, 0) is 0 Å². The van der Waals surface area contributed by atoms with E-state index in [9.17, 15) is 4.79 Å². The lowest BCUT2D eigenvalue weighted by atomic mass is 9.99. The number of aliphatic hydroxyl groups excluding tert-OH is 1. The number of likely N-dealkylation sites (tertiary alicyclic amines) is 1. The van der Waals surface area contributed by atoms with Crippen molar-refractivity contribution in [3.8, 4) is 0 Å². The molecule has 0 radical (unpaired) electrons. The third-order valence-corrected chi connectivity index (χ3v) is 3.35. The Labute approximate surface area is 111 Å². The highest BCUT2D eigenvalue weighted by Gasteiger charge is 2.27. The number of amides is 1. The smallest absolute Gasteiger partial charge is 0.274 e. The first kappa shape index (κ1) is 13.7. The van der Waals surface area contributed by atoms with Gasteiger partial charge in [-0.25, -0.2) is 10.8 Å². The summed E-state index contributed by atoms with van der Waals surface area (Å²) in [5.74, 6) is 5.47. The summed E-state index contributed by atoms with van der Waals surface area (Å²) in [5, 5.41) is 9.08. The van der Waals surface area contributed by atoms with Crippen LogP contribution in [0.2, 0.25) is 0 Å². The predicted octanol–water partition coefficient (Wildman–Crippen LogP) is 0.139. The van der Waals surface area contributed by atoms with E-state index in [1.807, 2.05) is 0 Å². The summed E-state index contributed by atoms with van der Waals surface area (Å²) in [7, 11) is 0. The Kier molecular flexibility index (Phi) is 4.64. The van der Waals surface area contributed by atoms with Gasteiger partial charge in [-0.05, 0) is 25.7 Å². The summed E-state index contributed by atoms with van der Waals surface area (Å²) < 4.78 is 0. The van der Waals surface area contributed by atoms with Crippen molar-refractivity contribution in [3.05, 3.63) is 18.1 Å². The molecule has 0 aromatic carbocycles. The molecule has 7 nitrogen and oxygen atoms in total. The number of carbonyl (C=O) groups is 1. The van der Waals surface area contributed by atoms with Crippen molar-refractivity contribution in [3.63, 3.8) is 0 Å². The van der Waals surface area contributed by atoms with Crippen LogP contribution < -0.4 is 11.3 Å². The van der Waals surface area contributed by atoms with E-state index < -0.39 is 0 Å². The Hall–Kier alpha value is -1.73. The summed E-state index contributed by atoms with van der Waals surface area (Å²) in [6, 6.07) is 0.0857. The zero-order valence-electron chi connectivity index (χ0n) is 10.7. The predicted molar refractivity (Wildman–Crippen MR) is 70.2 cm³/mol. The Bertz CT molecular complexity index is 438. The van der Waals surface area contributed by atoms with Gasteiger partial charge in [0.25, 0.3) is 5.91 Å². The lowest BCUT2D eigenvalue weighted by molar-refractivity contribution is 0.0568. The maximum Gasteiger partial charge on any atom is 0.274 e. The number of aliphatic hydroxyl groups is 1. The van der Waals surface area contributed by atoms with E-state index in [2.05, 4.69) is 15.4 Å². The van der Waals surface area contributed by atoms with Crippen LogP contribution in [0.4, 0.5) is 5.82 Å². The van der Waals surface area contributed by atoms with Crippen molar-refractivity contribution in [2.45, 2.75) is 31.7 Å². The summed E-state index contributed by atoms with van der Waals surface area (Å²) in [5.41, 5.74) is 2.66. The molecular formula is C12H19N5O2. The number of hydrogen-bond donors (Lipinski definition) is 3. The lowest BCUT2D eigenvalue weighted by Gasteiger charge is -2.35. The molecule has 1 saturated heterocycles. The van der Waals surface area contributed by atoms with Crippen LogP contribution in [0.3, 0.4) is 0 Å². The average molecular weight is 265 g/mol. The van der Waals surface area contributed by atoms with Crippen molar-refractivity contribution in [1.82, 2.24) is 14.9 Å². The quantitative estimate of drug-likeness (QED) is 0.528. The van der Waals surface area contributed by atoms with Crippen LogP contribution in [0.15, 0.2) is 12.4 Å². The number of carbonyl (C=O) groups excluding carboxylic acids is 1. The van der Waals surface area contributed by atoms with Crippen molar-refractivity contribution < 1.29 is 9.90 Å². The number of nitrogens with two attached hydrogens (primary N) is 1.